The number of likely N-dealkylation sites (tertiary alicyclic amines) is 1. The Morgan fingerprint density at radius 3 is 2.70 bits per heavy atom. The molecule has 1 aliphatic rings. The minimum absolute atomic E-state index is 0.0165. The van der Waals surface area contributed by atoms with Gasteiger partial charge in [0.1, 0.15) is 0 Å². The molecule has 5 nitrogen and oxygen atoms in total. The van der Waals surface area contributed by atoms with Crippen molar-refractivity contribution in [1.29, 1.82) is 0 Å². The largest absolute Gasteiger partial charge is 0.355 e. The van der Waals surface area contributed by atoms with E-state index in [1.807, 2.05) is 4.90 Å². The normalized spacial score (nSPS) is 20.2. The number of nitrogens with zero attached hydrogens (tertiary/aromatic N) is 1. The van der Waals surface area contributed by atoms with Crippen LogP contribution in [-0.4, -0.2) is 48.9 Å². The second kappa shape index (κ2) is 8.95. The van der Waals surface area contributed by atoms with Gasteiger partial charge in [0, 0.05) is 32.1 Å². The molecule has 0 saturated carbocycles. The molecule has 1 fully saturated rings. The number of amides is 2. The van der Waals surface area contributed by atoms with Crippen molar-refractivity contribution in [2.45, 2.75) is 52.5 Å². The van der Waals surface area contributed by atoms with E-state index in [1.165, 1.54) is 0 Å². The Kier molecular flexibility index (Phi) is 7.59. The van der Waals surface area contributed by atoms with Gasteiger partial charge in [-0.3, -0.25) is 9.59 Å². The van der Waals surface area contributed by atoms with Crippen molar-refractivity contribution < 1.29 is 9.59 Å². The van der Waals surface area contributed by atoms with Gasteiger partial charge in [-0.1, -0.05) is 20.3 Å². The Labute approximate surface area is 122 Å². The summed E-state index contributed by atoms with van der Waals surface area (Å²) in [5.74, 6) is -0.0361. The van der Waals surface area contributed by atoms with Gasteiger partial charge in [0.25, 0.3) is 0 Å². The fourth-order valence-electron chi connectivity index (χ4n) is 2.63. The van der Waals surface area contributed by atoms with E-state index in [4.69, 9.17) is 0 Å². The summed E-state index contributed by atoms with van der Waals surface area (Å²) < 4.78 is 0. The lowest BCUT2D eigenvalue weighted by Crippen LogP contribution is -2.38. The van der Waals surface area contributed by atoms with E-state index in [2.05, 4.69) is 31.4 Å². The minimum Gasteiger partial charge on any atom is -0.355 e. The van der Waals surface area contributed by atoms with Crippen LogP contribution in [0.15, 0.2) is 0 Å². The van der Waals surface area contributed by atoms with E-state index in [0.29, 0.717) is 19.5 Å². The molecule has 2 N–H and O–H groups in total. The smallest absolute Gasteiger partial charge is 0.225 e. The number of carbonyl (C=O) groups is 2. The molecule has 0 radical (unpaired) electrons. The molecule has 2 atom stereocenters. The first kappa shape index (κ1) is 17.0. The quantitative estimate of drug-likeness (QED) is 0.624. The number of hydrogen-bond acceptors (Lipinski definition) is 3. The zero-order valence-corrected chi connectivity index (χ0v) is 13.1. The van der Waals surface area contributed by atoms with Gasteiger partial charge in [0.2, 0.25) is 11.8 Å². The van der Waals surface area contributed by atoms with Crippen molar-refractivity contribution >= 4 is 11.8 Å². The van der Waals surface area contributed by atoms with Gasteiger partial charge in [0.05, 0.1) is 5.92 Å². The summed E-state index contributed by atoms with van der Waals surface area (Å²) in [6, 6.07) is 0.247. The highest BCUT2D eigenvalue weighted by Gasteiger charge is 2.35. The lowest BCUT2D eigenvalue weighted by atomic mass is 10.1. The number of carbonyl (C=O) groups excluding carboxylic acids is 2. The maximum Gasteiger partial charge on any atom is 0.225 e. The van der Waals surface area contributed by atoms with Crippen LogP contribution in [0.2, 0.25) is 0 Å². The minimum atomic E-state index is -0.173. The molecule has 0 aliphatic carbocycles. The highest BCUT2D eigenvalue weighted by atomic mass is 16.2. The molecule has 1 aliphatic heterocycles. The predicted octanol–water partition coefficient (Wildman–Crippen LogP) is 1.14. The summed E-state index contributed by atoms with van der Waals surface area (Å²) in [6.45, 7) is 9.27. The lowest BCUT2D eigenvalue weighted by molar-refractivity contribution is -0.130. The molecule has 0 aromatic rings. The highest BCUT2D eigenvalue weighted by molar-refractivity contribution is 5.89. The molecule has 20 heavy (non-hydrogen) atoms. The highest BCUT2D eigenvalue weighted by Crippen LogP contribution is 2.22. The van der Waals surface area contributed by atoms with Crippen LogP contribution in [0.25, 0.3) is 0 Å². The Balaban J connectivity index is 2.30. The van der Waals surface area contributed by atoms with Crippen molar-refractivity contribution in [3.63, 3.8) is 0 Å². The van der Waals surface area contributed by atoms with E-state index in [1.54, 1.807) is 0 Å². The van der Waals surface area contributed by atoms with E-state index >= 15 is 0 Å². The third-order valence-corrected chi connectivity index (χ3v) is 3.80. The molecule has 1 saturated heterocycles. The van der Waals surface area contributed by atoms with Crippen LogP contribution in [0.3, 0.4) is 0 Å². The van der Waals surface area contributed by atoms with Gasteiger partial charge < -0.3 is 15.5 Å². The van der Waals surface area contributed by atoms with Crippen molar-refractivity contribution in [2.75, 3.05) is 26.2 Å². The standard InChI is InChI=1S/C15H29N3O2/c1-4-6-12(3)18-11-13(10-14(18)19)15(20)17-9-8-16-7-5-2/h12-13,16H,4-11H2,1-3H3,(H,17,20). The first-order chi connectivity index (χ1) is 9.60. The van der Waals surface area contributed by atoms with Crippen LogP contribution in [0, 0.1) is 5.92 Å². The Morgan fingerprint density at radius 2 is 2.05 bits per heavy atom. The summed E-state index contributed by atoms with van der Waals surface area (Å²) in [4.78, 5) is 25.9. The second-order valence-electron chi connectivity index (χ2n) is 5.63. The molecular weight excluding hydrogens is 254 g/mol. The fraction of sp³-hybridized carbons (Fsp3) is 0.867. The summed E-state index contributed by atoms with van der Waals surface area (Å²) in [6.07, 6.45) is 3.52. The molecule has 0 spiro atoms. The number of hydrogen-bond donors (Lipinski definition) is 2. The Hall–Kier alpha value is -1.10. The molecule has 5 heteroatoms. The number of rotatable bonds is 9. The molecule has 0 aromatic carbocycles. The van der Waals surface area contributed by atoms with Gasteiger partial charge in [-0.2, -0.15) is 0 Å². The van der Waals surface area contributed by atoms with Gasteiger partial charge in [-0.15, -0.1) is 0 Å². The average molecular weight is 283 g/mol. The van der Waals surface area contributed by atoms with Gasteiger partial charge >= 0.3 is 0 Å². The predicted molar refractivity (Wildman–Crippen MR) is 80.4 cm³/mol. The van der Waals surface area contributed by atoms with Crippen molar-refractivity contribution in [3.8, 4) is 0 Å². The maximum absolute atomic E-state index is 12.0. The average Bonchev–Trinajstić information content (AvgIpc) is 2.81. The maximum atomic E-state index is 12.0. The van der Waals surface area contributed by atoms with Crippen molar-refractivity contribution in [3.05, 3.63) is 0 Å². The SMILES string of the molecule is CCCNCCNC(=O)C1CC(=O)N(C(C)CCC)C1. The van der Waals surface area contributed by atoms with E-state index in [0.717, 1.165) is 32.4 Å². The molecule has 1 heterocycles. The zero-order chi connectivity index (χ0) is 15.0. The molecule has 2 unspecified atom stereocenters. The van der Waals surface area contributed by atoms with E-state index in [9.17, 15) is 9.59 Å². The fourth-order valence-corrected chi connectivity index (χ4v) is 2.63. The second-order valence-corrected chi connectivity index (χ2v) is 5.63. The number of nitrogens with one attached hydrogen (secondary N) is 2. The third kappa shape index (κ3) is 5.12. The van der Waals surface area contributed by atoms with Crippen molar-refractivity contribution in [1.82, 2.24) is 15.5 Å². The lowest BCUT2D eigenvalue weighted by Gasteiger charge is -2.24. The van der Waals surface area contributed by atoms with Gasteiger partial charge in [-0.25, -0.2) is 0 Å². The monoisotopic (exact) mass is 283 g/mol. The molecular formula is C15H29N3O2. The summed E-state index contributed by atoms with van der Waals surface area (Å²) in [5.41, 5.74) is 0. The molecule has 1 rings (SSSR count). The third-order valence-electron chi connectivity index (χ3n) is 3.80. The summed E-state index contributed by atoms with van der Waals surface area (Å²) in [5, 5.41) is 6.16. The molecule has 0 aromatic heterocycles. The van der Waals surface area contributed by atoms with Crippen LogP contribution < -0.4 is 10.6 Å². The Morgan fingerprint density at radius 1 is 1.30 bits per heavy atom. The van der Waals surface area contributed by atoms with Crippen LogP contribution in [0.5, 0.6) is 0 Å². The molecule has 116 valence electrons. The first-order valence-corrected chi connectivity index (χ1v) is 7.88. The van der Waals surface area contributed by atoms with E-state index in [-0.39, 0.29) is 23.8 Å². The summed E-state index contributed by atoms with van der Waals surface area (Å²) in [7, 11) is 0. The van der Waals surface area contributed by atoms with Crippen LogP contribution >= 0.6 is 0 Å². The molecule has 0 bridgehead atoms. The van der Waals surface area contributed by atoms with E-state index < -0.39 is 0 Å². The Bertz CT molecular complexity index is 320. The van der Waals surface area contributed by atoms with Crippen LogP contribution in [-0.2, 0) is 9.59 Å². The molecule has 2 amide bonds. The van der Waals surface area contributed by atoms with Crippen LogP contribution in [0.1, 0.15) is 46.5 Å². The van der Waals surface area contributed by atoms with Gasteiger partial charge in [-0.05, 0) is 26.3 Å². The topological polar surface area (TPSA) is 61.4 Å². The van der Waals surface area contributed by atoms with Crippen molar-refractivity contribution in [2.24, 2.45) is 5.92 Å². The first-order valence-electron chi connectivity index (χ1n) is 7.88. The summed E-state index contributed by atoms with van der Waals surface area (Å²) >= 11 is 0. The van der Waals surface area contributed by atoms with Crippen LogP contribution in [0.4, 0.5) is 0 Å². The van der Waals surface area contributed by atoms with Gasteiger partial charge in [0.15, 0.2) is 0 Å². The zero-order valence-electron chi connectivity index (χ0n) is 13.1.